The SMILES string of the molecule is CCOC(=O)C1=NN(c2ccc(Cl)cc2Cl)C(c2ccc(Cl)s2)C1. The molecule has 1 aromatic heterocycles. The predicted molar refractivity (Wildman–Crippen MR) is 99.7 cm³/mol. The molecule has 0 saturated heterocycles. The zero-order chi connectivity index (χ0) is 17.3. The van der Waals surface area contributed by atoms with Crippen molar-refractivity contribution >= 4 is 63.5 Å². The van der Waals surface area contributed by atoms with Gasteiger partial charge in [-0.25, -0.2) is 4.79 Å². The van der Waals surface area contributed by atoms with Crippen molar-refractivity contribution < 1.29 is 9.53 Å². The van der Waals surface area contributed by atoms with Crippen LogP contribution in [0.2, 0.25) is 14.4 Å². The fraction of sp³-hybridized carbons (Fsp3) is 0.250. The molecule has 0 N–H and O–H groups in total. The highest BCUT2D eigenvalue weighted by Gasteiger charge is 2.34. The quantitative estimate of drug-likeness (QED) is 0.626. The molecule has 0 radical (unpaired) electrons. The largest absolute Gasteiger partial charge is 0.461 e. The van der Waals surface area contributed by atoms with E-state index >= 15 is 0 Å². The van der Waals surface area contributed by atoms with Gasteiger partial charge in [0.05, 0.1) is 27.7 Å². The predicted octanol–water partition coefficient (Wildman–Crippen LogP) is 5.58. The molecule has 2 heterocycles. The van der Waals surface area contributed by atoms with Gasteiger partial charge in [0.15, 0.2) is 0 Å². The van der Waals surface area contributed by atoms with Gasteiger partial charge in [-0.2, -0.15) is 5.10 Å². The summed E-state index contributed by atoms with van der Waals surface area (Å²) < 4.78 is 5.75. The number of carbonyl (C=O) groups is 1. The van der Waals surface area contributed by atoms with Crippen LogP contribution in [-0.4, -0.2) is 18.3 Å². The number of rotatable bonds is 4. The molecule has 0 aliphatic carbocycles. The molecule has 0 amide bonds. The van der Waals surface area contributed by atoms with Crippen LogP contribution in [-0.2, 0) is 9.53 Å². The number of hydrazone groups is 1. The number of halogens is 3. The van der Waals surface area contributed by atoms with Crippen LogP contribution in [0.25, 0.3) is 0 Å². The molecule has 1 atom stereocenters. The van der Waals surface area contributed by atoms with E-state index in [1.807, 2.05) is 12.1 Å². The summed E-state index contributed by atoms with van der Waals surface area (Å²) >= 11 is 19.8. The second kappa shape index (κ2) is 7.31. The second-order valence-corrected chi connectivity index (χ2v) is 7.66. The molecule has 0 fully saturated rings. The first-order valence-corrected chi connectivity index (χ1v) is 9.18. The molecule has 2 aromatic rings. The van der Waals surface area contributed by atoms with Crippen LogP contribution in [0.5, 0.6) is 0 Å². The van der Waals surface area contributed by atoms with Crippen LogP contribution in [0, 0.1) is 0 Å². The molecule has 8 heteroatoms. The fourth-order valence-electron chi connectivity index (χ4n) is 2.47. The summed E-state index contributed by atoms with van der Waals surface area (Å²) in [5.41, 5.74) is 1.03. The summed E-state index contributed by atoms with van der Waals surface area (Å²) in [5, 5.41) is 7.17. The minimum absolute atomic E-state index is 0.166. The van der Waals surface area contributed by atoms with Gasteiger partial charge < -0.3 is 4.74 Å². The first-order chi connectivity index (χ1) is 11.5. The molecule has 3 rings (SSSR count). The van der Waals surface area contributed by atoms with Crippen molar-refractivity contribution in [3.8, 4) is 0 Å². The maximum atomic E-state index is 12.1. The lowest BCUT2D eigenvalue weighted by Crippen LogP contribution is -2.18. The van der Waals surface area contributed by atoms with Crippen LogP contribution >= 0.6 is 46.1 Å². The highest BCUT2D eigenvalue weighted by molar-refractivity contribution is 7.16. The van der Waals surface area contributed by atoms with Crippen LogP contribution in [0.4, 0.5) is 5.69 Å². The summed E-state index contributed by atoms with van der Waals surface area (Å²) in [6.45, 7) is 2.06. The summed E-state index contributed by atoms with van der Waals surface area (Å²) in [6, 6.07) is 8.75. The van der Waals surface area contributed by atoms with Crippen LogP contribution in [0.1, 0.15) is 24.3 Å². The highest BCUT2D eigenvalue weighted by Crippen LogP contribution is 2.42. The smallest absolute Gasteiger partial charge is 0.354 e. The second-order valence-electron chi connectivity index (χ2n) is 5.07. The highest BCUT2D eigenvalue weighted by atomic mass is 35.5. The number of esters is 1. The minimum Gasteiger partial charge on any atom is -0.461 e. The average molecular weight is 404 g/mol. The van der Waals surface area contributed by atoms with Crippen LogP contribution < -0.4 is 5.01 Å². The molecule has 0 bridgehead atoms. The first kappa shape index (κ1) is 17.5. The Morgan fingerprint density at radius 2 is 2.12 bits per heavy atom. The van der Waals surface area contributed by atoms with E-state index in [0.717, 1.165) is 4.88 Å². The minimum atomic E-state index is -0.419. The van der Waals surface area contributed by atoms with E-state index in [2.05, 4.69) is 5.10 Å². The Morgan fingerprint density at radius 3 is 2.75 bits per heavy atom. The van der Waals surface area contributed by atoms with Crippen molar-refractivity contribution in [3.63, 3.8) is 0 Å². The van der Waals surface area contributed by atoms with Gasteiger partial charge in [0, 0.05) is 16.3 Å². The Balaban J connectivity index is 2.00. The van der Waals surface area contributed by atoms with E-state index in [0.29, 0.717) is 38.8 Å². The fourth-order valence-corrected chi connectivity index (χ4v) is 4.11. The van der Waals surface area contributed by atoms with Crippen molar-refractivity contribution in [2.75, 3.05) is 11.6 Å². The Labute approximate surface area is 158 Å². The number of thiophene rings is 1. The van der Waals surface area contributed by atoms with E-state index in [1.165, 1.54) is 11.3 Å². The number of carbonyl (C=O) groups excluding carboxylic acids is 1. The van der Waals surface area contributed by atoms with Gasteiger partial charge in [-0.1, -0.05) is 34.8 Å². The number of hydrogen-bond acceptors (Lipinski definition) is 5. The topological polar surface area (TPSA) is 41.9 Å². The molecule has 0 spiro atoms. The van der Waals surface area contributed by atoms with Crippen molar-refractivity contribution in [2.45, 2.75) is 19.4 Å². The van der Waals surface area contributed by atoms with Gasteiger partial charge in [0.2, 0.25) is 0 Å². The molecule has 1 aliphatic heterocycles. The third-order valence-electron chi connectivity index (χ3n) is 3.50. The van der Waals surface area contributed by atoms with Crippen molar-refractivity contribution in [3.05, 3.63) is 49.6 Å². The zero-order valence-corrected chi connectivity index (χ0v) is 15.7. The number of anilines is 1. The molecule has 0 saturated carbocycles. The van der Waals surface area contributed by atoms with Gasteiger partial charge in [-0.15, -0.1) is 11.3 Å². The number of hydrogen-bond donors (Lipinski definition) is 0. The van der Waals surface area contributed by atoms with Gasteiger partial charge in [-0.05, 0) is 37.3 Å². The number of nitrogens with zero attached hydrogens (tertiary/aromatic N) is 2. The summed E-state index contributed by atoms with van der Waals surface area (Å²) in [7, 11) is 0. The third kappa shape index (κ3) is 3.54. The molecule has 1 aromatic carbocycles. The molecule has 1 aliphatic rings. The van der Waals surface area contributed by atoms with Gasteiger partial charge in [-0.3, -0.25) is 5.01 Å². The van der Waals surface area contributed by atoms with E-state index in [4.69, 9.17) is 39.5 Å². The Bertz CT molecular complexity index is 806. The number of benzene rings is 1. The van der Waals surface area contributed by atoms with Crippen LogP contribution in [0.3, 0.4) is 0 Å². The molecule has 4 nitrogen and oxygen atoms in total. The lowest BCUT2D eigenvalue weighted by molar-refractivity contribution is -0.135. The maximum Gasteiger partial charge on any atom is 0.354 e. The average Bonchev–Trinajstić information content (AvgIpc) is 3.14. The first-order valence-electron chi connectivity index (χ1n) is 7.23. The summed E-state index contributed by atoms with van der Waals surface area (Å²) in [4.78, 5) is 13.1. The van der Waals surface area contributed by atoms with Crippen molar-refractivity contribution in [2.24, 2.45) is 5.10 Å². The van der Waals surface area contributed by atoms with Gasteiger partial charge >= 0.3 is 5.97 Å². The molecular formula is C16H13Cl3N2O2S. The van der Waals surface area contributed by atoms with Gasteiger partial charge in [0.25, 0.3) is 0 Å². The lowest BCUT2D eigenvalue weighted by Gasteiger charge is -2.23. The van der Waals surface area contributed by atoms with E-state index < -0.39 is 5.97 Å². The standard InChI is InChI=1S/C16H13Cl3N2O2S/c1-2-23-16(22)11-8-13(14-5-6-15(19)24-14)21(20-11)12-4-3-9(17)7-10(12)18/h3-7,13H,2,8H2,1H3. The molecule has 24 heavy (non-hydrogen) atoms. The summed E-state index contributed by atoms with van der Waals surface area (Å²) in [6.07, 6.45) is 0.425. The van der Waals surface area contributed by atoms with E-state index in [9.17, 15) is 4.79 Å². The zero-order valence-electron chi connectivity index (χ0n) is 12.6. The molecule has 126 valence electrons. The monoisotopic (exact) mass is 402 g/mol. The van der Waals surface area contributed by atoms with E-state index in [1.54, 1.807) is 30.1 Å². The normalized spacial score (nSPS) is 17.1. The Morgan fingerprint density at radius 1 is 1.33 bits per heavy atom. The van der Waals surface area contributed by atoms with E-state index in [-0.39, 0.29) is 6.04 Å². The van der Waals surface area contributed by atoms with Crippen molar-refractivity contribution in [1.82, 2.24) is 0 Å². The third-order valence-corrected chi connectivity index (χ3v) is 5.37. The molecule has 1 unspecified atom stereocenters. The van der Waals surface area contributed by atoms with Crippen molar-refractivity contribution in [1.29, 1.82) is 0 Å². The number of ether oxygens (including phenoxy) is 1. The molecular weight excluding hydrogens is 391 g/mol. The van der Waals surface area contributed by atoms with Gasteiger partial charge in [0.1, 0.15) is 5.71 Å². The van der Waals surface area contributed by atoms with Crippen LogP contribution in [0.15, 0.2) is 35.4 Å². The Kier molecular flexibility index (Phi) is 5.35. The maximum absolute atomic E-state index is 12.1. The summed E-state index contributed by atoms with van der Waals surface area (Å²) in [5.74, 6) is -0.419. The Hall–Kier alpha value is -1.27. The lowest BCUT2D eigenvalue weighted by atomic mass is 10.1.